The lowest BCUT2D eigenvalue weighted by molar-refractivity contribution is -0.117. The lowest BCUT2D eigenvalue weighted by Gasteiger charge is -2.36. The minimum atomic E-state index is -0.0368. The number of amides is 1. The maximum atomic E-state index is 12.4. The number of carbonyl (C=O) groups excluding carboxylic acids is 1. The normalized spacial score (nSPS) is 16.6. The molecule has 0 aliphatic carbocycles. The van der Waals surface area contributed by atoms with E-state index in [1.807, 2.05) is 48.5 Å². The Morgan fingerprint density at radius 3 is 2.72 bits per heavy atom. The molecule has 6 heteroatoms. The molecule has 4 rings (SSSR count). The number of rotatable bonds is 6. The fraction of sp³-hybridized carbons (Fsp3) is 0.348. The van der Waals surface area contributed by atoms with Gasteiger partial charge in [0.15, 0.2) is 0 Å². The molecule has 2 heterocycles. The Morgan fingerprint density at radius 1 is 1.07 bits per heavy atom. The van der Waals surface area contributed by atoms with Crippen molar-refractivity contribution in [3.05, 3.63) is 64.7 Å². The van der Waals surface area contributed by atoms with Crippen molar-refractivity contribution < 1.29 is 9.53 Å². The van der Waals surface area contributed by atoms with Crippen molar-refractivity contribution in [3.8, 4) is 5.75 Å². The first-order valence-corrected chi connectivity index (χ1v) is 10.5. The monoisotopic (exact) mass is 411 g/mol. The number of nitrogens with zero attached hydrogens (tertiary/aromatic N) is 2. The topological polar surface area (TPSA) is 44.8 Å². The lowest BCUT2D eigenvalue weighted by atomic mass is 10.1. The van der Waals surface area contributed by atoms with Gasteiger partial charge in [0.2, 0.25) is 0 Å². The third-order valence-corrected chi connectivity index (χ3v) is 5.64. The molecule has 0 bridgehead atoms. The number of nitrogens with one attached hydrogen (secondary N) is 1. The Morgan fingerprint density at radius 2 is 1.90 bits per heavy atom. The molecule has 1 amide bonds. The van der Waals surface area contributed by atoms with Crippen LogP contribution in [0.15, 0.2) is 54.1 Å². The van der Waals surface area contributed by atoms with E-state index in [-0.39, 0.29) is 5.91 Å². The largest absolute Gasteiger partial charge is 0.488 e. The van der Waals surface area contributed by atoms with E-state index in [0.717, 1.165) is 55.5 Å². The molecule has 0 atom stereocenters. The van der Waals surface area contributed by atoms with Gasteiger partial charge >= 0.3 is 0 Å². The van der Waals surface area contributed by atoms with Crippen molar-refractivity contribution in [3.63, 3.8) is 0 Å². The van der Waals surface area contributed by atoms with E-state index in [1.54, 1.807) is 0 Å². The van der Waals surface area contributed by atoms with Crippen molar-refractivity contribution in [2.45, 2.75) is 6.42 Å². The van der Waals surface area contributed by atoms with Gasteiger partial charge in [0, 0.05) is 49.0 Å². The molecular weight excluding hydrogens is 386 g/mol. The lowest BCUT2D eigenvalue weighted by Crippen LogP contribution is -2.47. The van der Waals surface area contributed by atoms with Crippen molar-refractivity contribution in [2.75, 3.05) is 50.8 Å². The number of para-hydroxylation sites is 1. The predicted octanol–water partition coefficient (Wildman–Crippen LogP) is 3.44. The van der Waals surface area contributed by atoms with Gasteiger partial charge in [-0.25, -0.2) is 0 Å². The van der Waals surface area contributed by atoms with E-state index in [0.29, 0.717) is 18.7 Å². The van der Waals surface area contributed by atoms with Crippen LogP contribution in [-0.4, -0.2) is 56.7 Å². The summed E-state index contributed by atoms with van der Waals surface area (Å²) in [5, 5.41) is 3.80. The number of carbonyl (C=O) groups is 1. The van der Waals surface area contributed by atoms with E-state index in [1.165, 1.54) is 5.69 Å². The molecular formula is C23H26ClN3O2. The molecule has 0 radical (unpaired) electrons. The summed E-state index contributed by atoms with van der Waals surface area (Å²) in [7, 11) is 0. The molecule has 5 nitrogen and oxygen atoms in total. The number of anilines is 1. The van der Waals surface area contributed by atoms with Crippen LogP contribution in [0.25, 0.3) is 6.08 Å². The molecule has 2 aliphatic rings. The second-order valence-electron chi connectivity index (χ2n) is 7.41. The SMILES string of the molecule is O=C(NCCCN1CCN(c2cccc(Cl)c2)CC1)C1=Cc2ccccc2OC1. The molecule has 1 N–H and O–H groups in total. The average molecular weight is 412 g/mol. The number of fused-ring (bicyclic) bond motifs is 1. The van der Waals surface area contributed by atoms with E-state index in [2.05, 4.69) is 21.2 Å². The zero-order valence-electron chi connectivity index (χ0n) is 16.4. The maximum absolute atomic E-state index is 12.4. The first kappa shape index (κ1) is 19.8. The number of ether oxygens (including phenoxy) is 1. The van der Waals surface area contributed by atoms with Gasteiger partial charge in [0.25, 0.3) is 5.91 Å². The highest BCUT2D eigenvalue weighted by Gasteiger charge is 2.18. The van der Waals surface area contributed by atoms with Gasteiger partial charge in [-0.2, -0.15) is 0 Å². The Labute approximate surface area is 176 Å². The van der Waals surface area contributed by atoms with Crippen LogP contribution in [-0.2, 0) is 4.79 Å². The standard InChI is InChI=1S/C23H26ClN3O2/c24-20-6-3-7-21(16-20)27-13-11-26(12-14-27)10-4-9-25-23(28)19-15-18-5-1-2-8-22(18)29-17-19/h1-3,5-8,15-16H,4,9-14,17H2,(H,25,28). The second kappa shape index (κ2) is 9.33. The van der Waals surface area contributed by atoms with E-state index < -0.39 is 0 Å². The Kier molecular flexibility index (Phi) is 6.37. The highest BCUT2D eigenvalue weighted by Crippen LogP contribution is 2.25. The molecule has 1 fully saturated rings. The summed E-state index contributed by atoms with van der Waals surface area (Å²) in [4.78, 5) is 17.2. The summed E-state index contributed by atoms with van der Waals surface area (Å²) >= 11 is 6.10. The van der Waals surface area contributed by atoms with Crippen LogP contribution >= 0.6 is 11.6 Å². The molecule has 0 aromatic heterocycles. The van der Waals surface area contributed by atoms with Crippen LogP contribution in [0.2, 0.25) is 5.02 Å². The molecule has 152 valence electrons. The van der Waals surface area contributed by atoms with E-state index in [4.69, 9.17) is 16.3 Å². The van der Waals surface area contributed by atoms with Gasteiger partial charge in [0.1, 0.15) is 12.4 Å². The summed E-state index contributed by atoms with van der Waals surface area (Å²) in [5.41, 5.74) is 2.83. The van der Waals surface area contributed by atoms with Gasteiger partial charge in [-0.1, -0.05) is 35.9 Å². The molecule has 2 aliphatic heterocycles. The zero-order valence-corrected chi connectivity index (χ0v) is 17.2. The molecule has 2 aromatic rings. The van der Waals surface area contributed by atoms with Crippen LogP contribution in [0.5, 0.6) is 5.75 Å². The summed E-state index contributed by atoms with van der Waals surface area (Å²) in [5.74, 6) is 0.797. The van der Waals surface area contributed by atoms with Crippen LogP contribution in [0, 0.1) is 0 Å². The van der Waals surface area contributed by atoms with E-state index >= 15 is 0 Å². The van der Waals surface area contributed by atoms with E-state index in [9.17, 15) is 4.79 Å². The summed E-state index contributed by atoms with van der Waals surface area (Å²) in [6.07, 6.45) is 2.86. The fourth-order valence-corrected chi connectivity index (χ4v) is 3.95. The fourth-order valence-electron chi connectivity index (χ4n) is 3.77. The number of piperazine rings is 1. The minimum Gasteiger partial charge on any atom is -0.488 e. The minimum absolute atomic E-state index is 0.0368. The van der Waals surface area contributed by atoms with Crippen molar-refractivity contribution >= 4 is 29.3 Å². The average Bonchev–Trinajstić information content (AvgIpc) is 2.76. The molecule has 2 aromatic carbocycles. The highest BCUT2D eigenvalue weighted by molar-refractivity contribution is 6.30. The molecule has 1 saturated heterocycles. The van der Waals surface area contributed by atoms with Crippen LogP contribution in [0.3, 0.4) is 0 Å². The smallest absolute Gasteiger partial charge is 0.250 e. The molecule has 0 spiro atoms. The van der Waals surface area contributed by atoms with Crippen molar-refractivity contribution in [2.24, 2.45) is 0 Å². The van der Waals surface area contributed by atoms with Gasteiger partial charge < -0.3 is 15.0 Å². The first-order chi connectivity index (χ1) is 14.2. The second-order valence-corrected chi connectivity index (χ2v) is 7.85. The Hall–Kier alpha value is -2.50. The van der Waals surface area contributed by atoms with Gasteiger partial charge in [-0.3, -0.25) is 9.69 Å². The molecule has 0 saturated carbocycles. The Balaban J connectivity index is 1.17. The zero-order chi connectivity index (χ0) is 20.1. The third kappa shape index (κ3) is 5.11. The molecule has 0 unspecified atom stereocenters. The van der Waals surface area contributed by atoms with Crippen LogP contribution < -0.4 is 15.0 Å². The maximum Gasteiger partial charge on any atom is 0.250 e. The number of benzene rings is 2. The number of hydrogen-bond donors (Lipinski definition) is 1. The summed E-state index contributed by atoms with van der Waals surface area (Å²) in [6.45, 7) is 6.03. The Bertz CT molecular complexity index is 891. The highest BCUT2D eigenvalue weighted by atomic mass is 35.5. The van der Waals surface area contributed by atoms with Crippen LogP contribution in [0.4, 0.5) is 5.69 Å². The third-order valence-electron chi connectivity index (χ3n) is 5.41. The van der Waals surface area contributed by atoms with Gasteiger partial charge in [-0.05, 0) is 43.3 Å². The molecule has 29 heavy (non-hydrogen) atoms. The first-order valence-electron chi connectivity index (χ1n) is 10.1. The van der Waals surface area contributed by atoms with Gasteiger partial charge in [-0.15, -0.1) is 0 Å². The quantitative estimate of drug-likeness (QED) is 0.739. The van der Waals surface area contributed by atoms with Crippen molar-refractivity contribution in [1.29, 1.82) is 0 Å². The van der Waals surface area contributed by atoms with Crippen LogP contribution in [0.1, 0.15) is 12.0 Å². The van der Waals surface area contributed by atoms with Crippen molar-refractivity contribution in [1.82, 2.24) is 10.2 Å². The van der Waals surface area contributed by atoms with Gasteiger partial charge in [0.05, 0.1) is 5.57 Å². The number of halogens is 1. The summed E-state index contributed by atoms with van der Waals surface area (Å²) in [6, 6.07) is 15.8. The predicted molar refractivity (Wildman–Crippen MR) is 118 cm³/mol. The number of hydrogen-bond acceptors (Lipinski definition) is 4. The summed E-state index contributed by atoms with van der Waals surface area (Å²) < 4.78 is 5.66.